The summed E-state index contributed by atoms with van der Waals surface area (Å²) in [6, 6.07) is 0. The van der Waals surface area contributed by atoms with Crippen molar-refractivity contribution in [3.63, 3.8) is 0 Å². The van der Waals surface area contributed by atoms with Crippen molar-refractivity contribution in [3.8, 4) is 0 Å². The molecule has 1 N–H and O–H groups in total. The van der Waals surface area contributed by atoms with Crippen molar-refractivity contribution < 1.29 is 4.79 Å². The maximum Gasteiger partial charge on any atom is 0.236 e. The highest BCUT2D eigenvalue weighted by molar-refractivity contribution is 5.80. The molecule has 11 heavy (non-hydrogen) atoms. The van der Waals surface area contributed by atoms with E-state index in [9.17, 15) is 4.79 Å². The predicted octanol–water partition coefficient (Wildman–Crippen LogP) is 1.46. The van der Waals surface area contributed by atoms with Crippen LogP contribution in [0, 0.1) is 0 Å². The Labute approximate surface area is 67.2 Å². The van der Waals surface area contributed by atoms with Crippen LogP contribution in [0.3, 0.4) is 0 Å². The van der Waals surface area contributed by atoms with E-state index < -0.39 is 0 Å². The molecular formula is C8H14N2O. The van der Waals surface area contributed by atoms with Crippen LogP contribution in [0.25, 0.3) is 0 Å². The highest BCUT2D eigenvalue weighted by Crippen LogP contribution is 1.89. The summed E-state index contributed by atoms with van der Waals surface area (Å²) in [7, 11) is 0. The summed E-state index contributed by atoms with van der Waals surface area (Å²) in [6.45, 7) is 5.42. The Hall–Kier alpha value is -1.12. The summed E-state index contributed by atoms with van der Waals surface area (Å²) < 4.78 is 0. The van der Waals surface area contributed by atoms with E-state index in [2.05, 4.69) is 17.5 Å². The predicted molar refractivity (Wildman–Crippen MR) is 46.4 cm³/mol. The first-order valence-corrected chi connectivity index (χ1v) is 3.63. The molecule has 0 unspecified atom stereocenters. The van der Waals surface area contributed by atoms with Crippen LogP contribution in [0.5, 0.6) is 0 Å². The smallest absolute Gasteiger partial charge is 0.236 e. The number of carbonyl (C=O) groups excluding carboxylic acids is 1. The number of carbonyl (C=O) groups is 1. The molecule has 1 amide bonds. The van der Waals surface area contributed by atoms with Gasteiger partial charge < -0.3 is 0 Å². The average molecular weight is 154 g/mol. The molecule has 0 aliphatic rings. The summed E-state index contributed by atoms with van der Waals surface area (Å²) in [5.41, 5.74) is 3.38. The molecule has 0 atom stereocenters. The lowest BCUT2D eigenvalue weighted by atomic mass is 10.3. The molecule has 0 fully saturated rings. The van der Waals surface area contributed by atoms with Crippen LogP contribution in [-0.2, 0) is 4.79 Å². The van der Waals surface area contributed by atoms with E-state index >= 15 is 0 Å². The maximum absolute atomic E-state index is 10.3. The summed E-state index contributed by atoms with van der Waals surface area (Å²) >= 11 is 0. The molecule has 0 bridgehead atoms. The van der Waals surface area contributed by atoms with Crippen LogP contribution >= 0.6 is 0 Å². The number of rotatable bonds is 3. The van der Waals surface area contributed by atoms with Gasteiger partial charge in [0.25, 0.3) is 0 Å². The fraction of sp³-hybridized carbons (Fsp3) is 0.500. The van der Waals surface area contributed by atoms with Gasteiger partial charge in [0.05, 0.1) is 0 Å². The van der Waals surface area contributed by atoms with Crippen LogP contribution in [0.4, 0.5) is 0 Å². The van der Waals surface area contributed by atoms with Crippen LogP contribution in [0.2, 0.25) is 0 Å². The largest absolute Gasteiger partial charge is 0.274 e. The minimum atomic E-state index is -0.148. The van der Waals surface area contributed by atoms with Gasteiger partial charge in [-0.05, 0) is 18.9 Å². The molecule has 0 aliphatic heterocycles. The summed E-state index contributed by atoms with van der Waals surface area (Å²) in [5, 5.41) is 3.70. The molecule has 3 nitrogen and oxygen atoms in total. The summed E-state index contributed by atoms with van der Waals surface area (Å²) in [5.74, 6) is -0.148. The molecule has 0 heterocycles. The second-order valence-corrected chi connectivity index (χ2v) is 2.28. The first kappa shape index (κ1) is 9.88. The molecule has 0 saturated heterocycles. The molecule has 0 saturated carbocycles. The van der Waals surface area contributed by atoms with Gasteiger partial charge in [-0.3, -0.25) is 4.79 Å². The molecule has 0 aromatic carbocycles. The van der Waals surface area contributed by atoms with Gasteiger partial charge in [-0.2, -0.15) is 5.10 Å². The van der Waals surface area contributed by atoms with Crippen molar-refractivity contribution in [3.05, 3.63) is 11.6 Å². The molecule has 0 aromatic heterocycles. The van der Waals surface area contributed by atoms with E-state index in [1.807, 2.05) is 13.0 Å². The normalized spacial score (nSPS) is 12.1. The number of hydrogen-bond acceptors (Lipinski definition) is 2. The molecule has 0 aromatic rings. The van der Waals surface area contributed by atoms with E-state index in [4.69, 9.17) is 0 Å². The molecule has 0 radical (unpaired) electrons. The van der Waals surface area contributed by atoms with Gasteiger partial charge in [-0.25, -0.2) is 5.43 Å². The molecule has 0 spiro atoms. The van der Waals surface area contributed by atoms with Crippen molar-refractivity contribution in [1.82, 2.24) is 5.43 Å². The Morgan fingerprint density at radius 2 is 2.18 bits per heavy atom. The number of hydrogen-bond donors (Lipinski definition) is 1. The Morgan fingerprint density at radius 3 is 2.64 bits per heavy atom. The molecule has 0 aliphatic carbocycles. The molecule has 0 rings (SSSR count). The first-order chi connectivity index (χ1) is 5.16. The SMILES string of the molecule is CC/C=C(C)/C=N/NC(C)=O. The zero-order chi connectivity index (χ0) is 8.69. The van der Waals surface area contributed by atoms with Crippen LogP contribution in [-0.4, -0.2) is 12.1 Å². The first-order valence-electron chi connectivity index (χ1n) is 3.63. The molecular weight excluding hydrogens is 140 g/mol. The second kappa shape index (κ2) is 5.65. The number of allylic oxidation sites excluding steroid dienone is 2. The minimum Gasteiger partial charge on any atom is -0.274 e. The van der Waals surface area contributed by atoms with Crippen molar-refractivity contribution in [2.75, 3.05) is 0 Å². The zero-order valence-electron chi connectivity index (χ0n) is 7.22. The topological polar surface area (TPSA) is 41.5 Å². The third kappa shape index (κ3) is 6.77. The number of nitrogens with zero attached hydrogens (tertiary/aromatic N) is 1. The number of hydrazone groups is 1. The van der Waals surface area contributed by atoms with Crippen molar-refractivity contribution in [2.24, 2.45) is 5.10 Å². The number of amides is 1. The van der Waals surface area contributed by atoms with E-state index in [0.717, 1.165) is 12.0 Å². The molecule has 62 valence electrons. The average Bonchev–Trinajstić information content (AvgIpc) is 1.87. The van der Waals surface area contributed by atoms with Crippen LogP contribution in [0.1, 0.15) is 27.2 Å². The van der Waals surface area contributed by atoms with Crippen molar-refractivity contribution in [1.29, 1.82) is 0 Å². The monoisotopic (exact) mass is 154 g/mol. The fourth-order valence-electron chi connectivity index (χ4n) is 0.600. The van der Waals surface area contributed by atoms with E-state index in [-0.39, 0.29) is 5.91 Å². The van der Waals surface area contributed by atoms with Crippen molar-refractivity contribution in [2.45, 2.75) is 27.2 Å². The van der Waals surface area contributed by atoms with Crippen LogP contribution < -0.4 is 5.43 Å². The Morgan fingerprint density at radius 1 is 1.55 bits per heavy atom. The van der Waals surface area contributed by atoms with E-state index in [1.54, 1.807) is 6.21 Å². The maximum atomic E-state index is 10.3. The van der Waals surface area contributed by atoms with Crippen LogP contribution in [0.15, 0.2) is 16.8 Å². The van der Waals surface area contributed by atoms with Gasteiger partial charge >= 0.3 is 0 Å². The third-order valence-electron chi connectivity index (χ3n) is 1.02. The lowest BCUT2D eigenvalue weighted by molar-refractivity contribution is -0.118. The highest BCUT2D eigenvalue weighted by atomic mass is 16.2. The fourth-order valence-corrected chi connectivity index (χ4v) is 0.600. The third-order valence-corrected chi connectivity index (χ3v) is 1.02. The highest BCUT2D eigenvalue weighted by Gasteiger charge is 1.83. The van der Waals surface area contributed by atoms with E-state index in [0.29, 0.717) is 0 Å². The van der Waals surface area contributed by atoms with Gasteiger partial charge in [0.2, 0.25) is 5.91 Å². The number of nitrogens with one attached hydrogen (secondary N) is 1. The molecule has 3 heteroatoms. The standard InChI is InChI=1S/C8H14N2O/c1-4-5-7(2)6-9-10-8(3)11/h5-6H,4H2,1-3H3,(H,10,11)/b7-5+,9-6+. The second-order valence-electron chi connectivity index (χ2n) is 2.28. The quantitative estimate of drug-likeness (QED) is 0.485. The van der Waals surface area contributed by atoms with Gasteiger partial charge in [-0.1, -0.05) is 13.0 Å². The Bertz CT molecular complexity index is 183. The summed E-state index contributed by atoms with van der Waals surface area (Å²) in [4.78, 5) is 10.3. The lowest BCUT2D eigenvalue weighted by Gasteiger charge is -1.91. The van der Waals surface area contributed by atoms with E-state index in [1.165, 1.54) is 6.92 Å². The van der Waals surface area contributed by atoms with Crippen molar-refractivity contribution >= 4 is 12.1 Å². The Kier molecular flexibility index (Phi) is 5.07. The van der Waals surface area contributed by atoms with Gasteiger partial charge in [-0.15, -0.1) is 0 Å². The lowest BCUT2D eigenvalue weighted by Crippen LogP contribution is -2.12. The van der Waals surface area contributed by atoms with Gasteiger partial charge in [0, 0.05) is 13.1 Å². The van der Waals surface area contributed by atoms with Gasteiger partial charge in [0.15, 0.2) is 0 Å². The van der Waals surface area contributed by atoms with Gasteiger partial charge in [0.1, 0.15) is 0 Å². The Balaban J connectivity index is 3.74. The minimum absolute atomic E-state index is 0.148. The summed E-state index contributed by atoms with van der Waals surface area (Å²) in [6.07, 6.45) is 4.65. The zero-order valence-corrected chi connectivity index (χ0v) is 7.22.